The van der Waals surface area contributed by atoms with Crippen molar-refractivity contribution in [3.63, 3.8) is 0 Å². The molecule has 1 aliphatic carbocycles. The van der Waals surface area contributed by atoms with Gasteiger partial charge in [-0.25, -0.2) is 12.8 Å². The number of carbonyl (C=O) groups is 1. The molecule has 0 bridgehead atoms. The molecule has 0 aromatic heterocycles. The summed E-state index contributed by atoms with van der Waals surface area (Å²) in [4.78, 5) is 11.1. The van der Waals surface area contributed by atoms with Crippen LogP contribution in [-0.2, 0) is 33.3 Å². The molecule has 0 aliphatic heterocycles. The second kappa shape index (κ2) is 7.19. The number of ketones is 1. The lowest BCUT2D eigenvalue weighted by molar-refractivity contribution is -0.376. The quantitative estimate of drug-likeness (QED) is 0.668. The minimum absolute atomic E-state index is 0.00474. The Labute approximate surface area is 170 Å². The van der Waals surface area contributed by atoms with E-state index in [0.29, 0.717) is 17.2 Å². The number of carbonyl (C=O) groups excluding carboxylic acids is 1. The third-order valence-electron chi connectivity index (χ3n) is 4.71. The lowest BCUT2D eigenvalue weighted by atomic mass is 9.92. The largest absolute Gasteiger partial charge is 0.430 e. The highest BCUT2D eigenvalue weighted by Gasteiger charge is 2.71. The highest BCUT2D eigenvalue weighted by Crippen LogP contribution is 2.50. The molecule has 0 saturated heterocycles. The van der Waals surface area contributed by atoms with Gasteiger partial charge in [0, 0.05) is 18.4 Å². The van der Waals surface area contributed by atoms with Crippen LogP contribution in [0, 0.1) is 5.82 Å². The Balaban J connectivity index is 1.95. The number of rotatable bonds is 4. The first-order valence-electron chi connectivity index (χ1n) is 8.38. The third-order valence-corrected chi connectivity index (χ3v) is 6.08. The zero-order valence-electron chi connectivity index (χ0n) is 15.1. The minimum Gasteiger partial charge on any atom is -0.369 e. The van der Waals surface area contributed by atoms with Gasteiger partial charge in [-0.3, -0.25) is 9.52 Å². The van der Waals surface area contributed by atoms with E-state index in [1.807, 2.05) is 0 Å². The van der Waals surface area contributed by atoms with Crippen molar-refractivity contribution in [1.29, 1.82) is 0 Å². The summed E-state index contributed by atoms with van der Waals surface area (Å²) in [6.07, 6.45) is -12.3. The van der Waals surface area contributed by atoms with E-state index in [4.69, 9.17) is 0 Å². The number of hydrogen-bond donors (Lipinski definition) is 2. The Morgan fingerprint density at radius 1 is 0.871 bits per heavy atom. The Morgan fingerprint density at radius 2 is 1.45 bits per heavy atom. The van der Waals surface area contributed by atoms with E-state index in [9.17, 15) is 49.1 Å². The molecule has 2 N–H and O–H groups in total. The van der Waals surface area contributed by atoms with Gasteiger partial charge in [0.15, 0.2) is 0 Å². The highest BCUT2D eigenvalue weighted by molar-refractivity contribution is 7.92. The smallest absolute Gasteiger partial charge is 0.369 e. The van der Waals surface area contributed by atoms with Crippen LogP contribution < -0.4 is 4.72 Å². The summed E-state index contributed by atoms with van der Waals surface area (Å²) >= 11 is 0. The lowest BCUT2D eigenvalue weighted by Crippen LogP contribution is -2.54. The topological polar surface area (TPSA) is 83.5 Å². The molecule has 0 unspecified atom stereocenters. The number of halogens is 7. The molecule has 0 fully saturated rings. The first-order chi connectivity index (χ1) is 14.1. The van der Waals surface area contributed by atoms with Gasteiger partial charge in [0.05, 0.1) is 10.6 Å². The fourth-order valence-corrected chi connectivity index (χ4v) is 4.23. The molecule has 31 heavy (non-hydrogen) atoms. The number of anilines is 1. The number of benzene rings is 2. The van der Waals surface area contributed by atoms with Crippen molar-refractivity contribution >= 4 is 21.5 Å². The van der Waals surface area contributed by atoms with E-state index in [0.717, 1.165) is 6.07 Å². The fraction of sp³-hybridized carbons (Fsp3) is 0.278. The number of fused-ring (bicyclic) bond motifs is 1. The zero-order valence-corrected chi connectivity index (χ0v) is 15.9. The van der Waals surface area contributed by atoms with Crippen LogP contribution in [0.25, 0.3) is 0 Å². The SMILES string of the molecule is O=C1Cc2ccc(S(=O)(=O)Nc3ccc(C(O)(C(F)(F)F)C(F)(F)F)cc3F)cc2C1. The molecule has 3 rings (SSSR count). The van der Waals surface area contributed by atoms with Gasteiger partial charge in [-0.1, -0.05) is 12.1 Å². The Kier molecular flexibility index (Phi) is 5.34. The van der Waals surface area contributed by atoms with Crippen LogP contribution in [0.1, 0.15) is 16.7 Å². The monoisotopic (exact) mass is 471 g/mol. The summed E-state index contributed by atoms with van der Waals surface area (Å²) in [6.45, 7) is 0. The average molecular weight is 471 g/mol. The summed E-state index contributed by atoms with van der Waals surface area (Å²) in [5.74, 6) is -1.91. The van der Waals surface area contributed by atoms with Gasteiger partial charge in [-0.2, -0.15) is 26.3 Å². The first kappa shape index (κ1) is 23.0. The Morgan fingerprint density at radius 3 is 2.00 bits per heavy atom. The third kappa shape index (κ3) is 3.99. The summed E-state index contributed by atoms with van der Waals surface area (Å²) in [5.41, 5.74) is -7.12. The number of hydrogen-bond acceptors (Lipinski definition) is 4. The van der Waals surface area contributed by atoms with Crippen LogP contribution in [0.2, 0.25) is 0 Å². The van der Waals surface area contributed by atoms with Gasteiger partial charge in [0.2, 0.25) is 0 Å². The van der Waals surface area contributed by atoms with E-state index in [-0.39, 0.29) is 35.7 Å². The molecule has 13 heteroatoms. The van der Waals surface area contributed by atoms with Crippen LogP contribution in [0.3, 0.4) is 0 Å². The lowest BCUT2D eigenvalue weighted by Gasteiger charge is -2.32. The predicted octanol–water partition coefficient (Wildman–Crippen LogP) is 3.61. The van der Waals surface area contributed by atoms with E-state index in [1.54, 1.807) is 4.72 Å². The van der Waals surface area contributed by atoms with Gasteiger partial charge >= 0.3 is 12.4 Å². The summed E-state index contributed by atoms with van der Waals surface area (Å²) < 4.78 is 118. The molecule has 0 amide bonds. The molecule has 0 heterocycles. The van der Waals surface area contributed by atoms with Crippen molar-refractivity contribution in [1.82, 2.24) is 0 Å². The molecule has 168 valence electrons. The average Bonchev–Trinajstić information content (AvgIpc) is 2.99. The number of alkyl halides is 6. The second-order valence-electron chi connectivity index (χ2n) is 6.83. The maximum absolute atomic E-state index is 14.3. The van der Waals surface area contributed by atoms with E-state index in [2.05, 4.69) is 0 Å². The molecule has 1 aliphatic rings. The molecule has 0 radical (unpaired) electrons. The molecule has 5 nitrogen and oxygen atoms in total. The number of aliphatic hydroxyl groups is 1. The van der Waals surface area contributed by atoms with Gasteiger partial charge < -0.3 is 5.11 Å². The van der Waals surface area contributed by atoms with Crippen LogP contribution in [0.5, 0.6) is 0 Å². The first-order valence-corrected chi connectivity index (χ1v) is 9.87. The zero-order chi connectivity index (χ0) is 23.4. The van der Waals surface area contributed by atoms with Crippen LogP contribution >= 0.6 is 0 Å². The summed E-state index contributed by atoms with van der Waals surface area (Å²) in [6, 6.07) is 3.87. The van der Waals surface area contributed by atoms with Crippen molar-refractivity contribution in [2.45, 2.75) is 35.7 Å². The number of sulfonamides is 1. The van der Waals surface area contributed by atoms with Crippen molar-refractivity contribution in [2.75, 3.05) is 4.72 Å². The highest BCUT2D eigenvalue weighted by atomic mass is 32.2. The van der Waals surface area contributed by atoms with E-state index in [1.165, 1.54) is 12.1 Å². The van der Waals surface area contributed by atoms with E-state index >= 15 is 0 Å². The van der Waals surface area contributed by atoms with Crippen molar-refractivity contribution in [3.8, 4) is 0 Å². The van der Waals surface area contributed by atoms with Crippen molar-refractivity contribution < 1.29 is 49.1 Å². The van der Waals surface area contributed by atoms with Gasteiger partial charge in [-0.05, 0) is 35.4 Å². The number of nitrogens with one attached hydrogen (secondary N) is 1. The minimum atomic E-state index is -6.22. The second-order valence-corrected chi connectivity index (χ2v) is 8.51. The Hall–Kier alpha value is -2.67. The van der Waals surface area contributed by atoms with Gasteiger partial charge in [0.25, 0.3) is 15.6 Å². The predicted molar refractivity (Wildman–Crippen MR) is 92.1 cm³/mol. The standard InChI is InChI=1S/C18H12F7NO4S/c19-14-8-11(16(28,17(20,21)22)18(23,24)25)2-4-15(14)26-31(29,30)13-3-1-9-5-12(27)6-10(9)7-13/h1-4,7-8,26,28H,5-6H2. The molecule has 2 aromatic rings. The molecule has 0 atom stereocenters. The molecule has 0 saturated carbocycles. The molecule has 0 spiro atoms. The maximum atomic E-state index is 14.3. The Bertz CT molecular complexity index is 1140. The summed E-state index contributed by atoms with van der Waals surface area (Å²) in [7, 11) is -4.49. The van der Waals surface area contributed by atoms with Crippen LogP contribution in [0.15, 0.2) is 41.3 Å². The molecular weight excluding hydrogens is 459 g/mol. The van der Waals surface area contributed by atoms with Crippen molar-refractivity contribution in [2.24, 2.45) is 0 Å². The van der Waals surface area contributed by atoms with Gasteiger partial charge in [0.1, 0.15) is 11.6 Å². The fourth-order valence-electron chi connectivity index (χ4n) is 3.11. The number of Topliss-reactive ketones (excluding diaryl/α,β-unsaturated/α-hetero) is 1. The normalized spacial score (nSPS) is 15.2. The van der Waals surface area contributed by atoms with Crippen molar-refractivity contribution in [3.05, 3.63) is 58.9 Å². The van der Waals surface area contributed by atoms with Gasteiger partial charge in [-0.15, -0.1) is 0 Å². The van der Waals surface area contributed by atoms with Crippen LogP contribution in [-0.4, -0.2) is 31.7 Å². The van der Waals surface area contributed by atoms with E-state index < -0.39 is 45.0 Å². The molecule has 2 aromatic carbocycles. The summed E-state index contributed by atoms with van der Waals surface area (Å²) in [5, 5.41) is 9.31. The molecular formula is C18H12F7NO4S. The maximum Gasteiger partial charge on any atom is 0.430 e. The van der Waals surface area contributed by atoms with Crippen LogP contribution in [0.4, 0.5) is 36.4 Å².